The first-order valence-corrected chi connectivity index (χ1v) is 7.17. The summed E-state index contributed by atoms with van der Waals surface area (Å²) < 4.78 is 1.14. The number of rotatable bonds is 3. The molecule has 1 aliphatic heterocycles. The zero-order chi connectivity index (χ0) is 13.1. The van der Waals surface area contributed by atoms with Gasteiger partial charge in [0, 0.05) is 23.2 Å². The third kappa shape index (κ3) is 2.86. The van der Waals surface area contributed by atoms with Gasteiger partial charge in [0.15, 0.2) is 0 Å². The van der Waals surface area contributed by atoms with Gasteiger partial charge in [-0.3, -0.25) is 4.79 Å². The average Bonchev–Trinajstić information content (AvgIpc) is 2.38. The number of hydrogen-bond acceptors (Lipinski definition) is 2. The Kier molecular flexibility index (Phi) is 4.27. The largest absolute Gasteiger partial charge is 0.481 e. The topological polar surface area (TPSA) is 40.5 Å². The lowest BCUT2D eigenvalue weighted by atomic mass is 9.96. The van der Waals surface area contributed by atoms with Crippen LogP contribution < -0.4 is 4.90 Å². The van der Waals surface area contributed by atoms with Crippen LogP contribution >= 0.6 is 15.9 Å². The number of carboxylic acids is 1. The van der Waals surface area contributed by atoms with Crippen molar-refractivity contribution < 1.29 is 9.90 Å². The molecule has 3 nitrogen and oxygen atoms in total. The molecule has 1 aromatic carbocycles. The van der Waals surface area contributed by atoms with E-state index in [2.05, 4.69) is 46.0 Å². The smallest absolute Gasteiger partial charge is 0.306 e. The van der Waals surface area contributed by atoms with Crippen LogP contribution in [0.15, 0.2) is 22.7 Å². The first-order chi connectivity index (χ1) is 8.61. The summed E-state index contributed by atoms with van der Waals surface area (Å²) in [5.41, 5.74) is 2.49. The van der Waals surface area contributed by atoms with Gasteiger partial charge in [-0.15, -0.1) is 0 Å². The number of halogens is 1. The molecular formula is C14H18BrNO2. The minimum absolute atomic E-state index is 0.167. The SMILES string of the molecule is CCc1ccc(N2CCC(C(=O)O)CC2)cc1Br. The second kappa shape index (κ2) is 5.74. The lowest BCUT2D eigenvalue weighted by Crippen LogP contribution is -2.36. The highest BCUT2D eigenvalue weighted by atomic mass is 79.9. The third-order valence-corrected chi connectivity index (χ3v) is 4.37. The third-order valence-electron chi connectivity index (χ3n) is 3.63. The average molecular weight is 312 g/mol. The van der Waals surface area contributed by atoms with E-state index in [1.54, 1.807) is 0 Å². The molecule has 0 radical (unpaired) electrons. The number of carboxylic acid groups (broad SMARTS) is 1. The van der Waals surface area contributed by atoms with Gasteiger partial charge in [-0.1, -0.05) is 28.9 Å². The van der Waals surface area contributed by atoms with E-state index in [1.165, 1.54) is 11.3 Å². The van der Waals surface area contributed by atoms with Crippen LogP contribution in [0.1, 0.15) is 25.3 Å². The zero-order valence-corrected chi connectivity index (χ0v) is 12.1. The molecule has 0 amide bonds. The number of aryl methyl sites for hydroxylation is 1. The van der Waals surface area contributed by atoms with Gasteiger partial charge in [-0.2, -0.15) is 0 Å². The maximum Gasteiger partial charge on any atom is 0.306 e. The van der Waals surface area contributed by atoms with E-state index in [0.717, 1.165) is 36.8 Å². The van der Waals surface area contributed by atoms with Crippen molar-refractivity contribution in [3.63, 3.8) is 0 Å². The predicted molar refractivity (Wildman–Crippen MR) is 76.1 cm³/mol. The Morgan fingerprint density at radius 1 is 1.44 bits per heavy atom. The van der Waals surface area contributed by atoms with Crippen LogP contribution in [0.4, 0.5) is 5.69 Å². The molecule has 1 heterocycles. The van der Waals surface area contributed by atoms with Crippen molar-refractivity contribution in [2.24, 2.45) is 5.92 Å². The summed E-state index contributed by atoms with van der Waals surface area (Å²) in [4.78, 5) is 13.2. The molecule has 0 saturated carbocycles. The van der Waals surface area contributed by atoms with Gasteiger partial charge in [-0.05, 0) is 37.0 Å². The van der Waals surface area contributed by atoms with Crippen LogP contribution in [0.2, 0.25) is 0 Å². The van der Waals surface area contributed by atoms with Gasteiger partial charge in [0.25, 0.3) is 0 Å². The predicted octanol–water partition coefficient (Wildman–Crippen LogP) is 3.31. The van der Waals surface area contributed by atoms with Gasteiger partial charge >= 0.3 is 5.97 Å². The zero-order valence-electron chi connectivity index (χ0n) is 10.5. The van der Waals surface area contributed by atoms with Gasteiger partial charge in [-0.25, -0.2) is 0 Å². The Labute approximate surface area is 116 Å². The summed E-state index contributed by atoms with van der Waals surface area (Å²) in [6.07, 6.45) is 2.49. The molecule has 1 saturated heterocycles. The lowest BCUT2D eigenvalue weighted by molar-refractivity contribution is -0.142. The molecule has 2 rings (SSSR count). The van der Waals surface area contributed by atoms with Crippen LogP contribution in [0.25, 0.3) is 0 Å². The molecule has 18 heavy (non-hydrogen) atoms. The number of aliphatic carboxylic acids is 1. The molecule has 1 fully saturated rings. The van der Waals surface area contributed by atoms with E-state index in [1.807, 2.05) is 0 Å². The summed E-state index contributed by atoms with van der Waals surface area (Å²) in [5, 5.41) is 8.98. The van der Waals surface area contributed by atoms with Crippen molar-refractivity contribution in [3.8, 4) is 0 Å². The van der Waals surface area contributed by atoms with Crippen molar-refractivity contribution in [3.05, 3.63) is 28.2 Å². The second-order valence-corrected chi connectivity index (χ2v) is 5.58. The van der Waals surface area contributed by atoms with Crippen molar-refractivity contribution in [2.75, 3.05) is 18.0 Å². The molecule has 0 spiro atoms. The molecule has 0 aromatic heterocycles. The summed E-state index contributed by atoms with van der Waals surface area (Å²) in [6.45, 7) is 3.79. The minimum Gasteiger partial charge on any atom is -0.481 e. The Bertz CT molecular complexity index is 439. The Morgan fingerprint density at radius 2 is 2.11 bits per heavy atom. The second-order valence-electron chi connectivity index (χ2n) is 4.73. The first kappa shape index (κ1) is 13.4. The number of hydrogen-bond donors (Lipinski definition) is 1. The van der Waals surface area contributed by atoms with E-state index >= 15 is 0 Å². The van der Waals surface area contributed by atoms with Crippen LogP contribution in [0.5, 0.6) is 0 Å². The fourth-order valence-corrected chi connectivity index (χ4v) is 3.05. The van der Waals surface area contributed by atoms with E-state index in [0.29, 0.717) is 0 Å². The van der Waals surface area contributed by atoms with Gasteiger partial charge in [0.05, 0.1) is 5.92 Å². The molecule has 0 bridgehead atoms. The number of piperidine rings is 1. The quantitative estimate of drug-likeness (QED) is 0.931. The normalized spacial score (nSPS) is 16.9. The Balaban J connectivity index is 2.05. The molecule has 4 heteroatoms. The number of nitrogens with zero attached hydrogens (tertiary/aromatic N) is 1. The van der Waals surface area contributed by atoms with Crippen molar-refractivity contribution in [1.82, 2.24) is 0 Å². The van der Waals surface area contributed by atoms with Crippen LogP contribution in [0, 0.1) is 5.92 Å². The highest BCUT2D eigenvalue weighted by molar-refractivity contribution is 9.10. The molecular weight excluding hydrogens is 294 g/mol. The summed E-state index contributed by atoms with van der Waals surface area (Å²) >= 11 is 3.59. The summed E-state index contributed by atoms with van der Waals surface area (Å²) in [7, 11) is 0. The van der Waals surface area contributed by atoms with E-state index in [-0.39, 0.29) is 5.92 Å². The lowest BCUT2D eigenvalue weighted by Gasteiger charge is -2.32. The maximum absolute atomic E-state index is 10.9. The highest BCUT2D eigenvalue weighted by Crippen LogP contribution is 2.28. The van der Waals surface area contributed by atoms with Crippen LogP contribution in [-0.4, -0.2) is 24.2 Å². The van der Waals surface area contributed by atoms with Crippen molar-refractivity contribution in [2.45, 2.75) is 26.2 Å². The Morgan fingerprint density at radius 3 is 2.61 bits per heavy atom. The fourth-order valence-electron chi connectivity index (χ4n) is 2.40. The van der Waals surface area contributed by atoms with Crippen molar-refractivity contribution in [1.29, 1.82) is 0 Å². The van der Waals surface area contributed by atoms with Gasteiger partial charge in [0.2, 0.25) is 0 Å². The first-order valence-electron chi connectivity index (χ1n) is 6.38. The molecule has 98 valence electrons. The van der Waals surface area contributed by atoms with Gasteiger partial charge < -0.3 is 10.0 Å². The highest BCUT2D eigenvalue weighted by Gasteiger charge is 2.24. The monoisotopic (exact) mass is 311 g/mol. The van der Waals surface area contributed by atoms with Crippen LogP contribution in [0.3, 0.4) is 0 Å². The van der Waals surface area contributed by atoms with Crippen molar-refractivity contribution >= 4 is 27.6 Å². The molecule has 1 N–H and O–H groups in total. The minimum atomic E-state index is -0.655. The van der Waals surface area contributed by atoms with E-state index < -0.39 is 5.97 Å². The molecule has 0 unspecified atom stereocenters. The Hall–Kier alpha value is -1.03. The number of anilines is 1. The fraction of sp³-hybridized carbons (Fsp3) is 0.500. The standard InChI is InChI=1S/C14H18BrNO2/c1-2-10-3-4-12(9-13(10)15)16-7-5-11(6-8-16)14(17)18/h3-4,9,11H,2,5-8H2,1H3,(H,17,18). The maximum atomic E-state index is 10.9. The van der Waals surface area contributed by atoms with E-state index in [4.69, 9.17) is 5.11 Å². The molecule has 1 aliphatic rings. The number of benzene rings is 1. The van der Waals surface area contributed by atoms with Gasteiger partial charge in [0.1, 0.15) is 0 Å². The molecule has 1 aromatic rings. The summed E-state index contributed by atoms with van der Waals surface area (Å²) in [6, 6.07) is 6.41. The summed E-state index contributed by atoms with van der Waals surface area (Å²) in [5.74, 6) is -0.822. The molecule has 0 atom stereocenters. The molecule has 0 aliphatic carbocycles. The van der Waals surface area contributed by atoms with E-state index in [9.17, 15) is 4.79 Å². The number of carbonyl (C=O) groups is 1. The van der Waals surface area contributed by atoms with Crippen LogP contribution in [-0.2, 0) is 11.2 Å².